The van der Waals surface area contributed by atoms with Crippen molar-refractivity contribution in [3.8, 4) is 0 Å². The molecule has 0 saturated carbocycles. The van der Waals surface area contributed by atoms with Crippen LogP contribution in [0.5, 0.6) is 0 Å². The van der Waals surface area contributed by atoms with E-state index in [-0.39, 0.29) is 12.6 Å². The van der Waals surface area contributed by atoms with Gasteiger partial charge in [0.1, 0.15) is 0 Å². The zero-order valence-electron chi connectivity index (χ0n) is 26.4. The summed E-state index contributed by atoms with van der Waals surface area (Å²) in [6.45, 7) is 18.0. The Morgan fingerprint density at radius 3 is 1.55 bits per heavy atom. The molecular formula is C21H47O13Si8. The van der Waals surface area contributed by atoms with E-state index >= 15 is 0 Å². The minimum absolute atomic E-state index is 0.201. The van der Waals surface area contributed by atoms with Crippen LogP contribution in [0.1, 0.15) is 75.2 Å². The lowest BCUT2D eigenvalue weighted by atomic mass is 9.91. The fourth-order valence-corrected chi connectivity index (χ4v) is 63.5. The maximum atomic E-state index is 12.7. The van der Waals surface area contributed by atoms with Crippen LogP contribution in [0.25, 0.3) is 0 Å². The average Bonchev–Trinajstić information content (AvgIpc) is 3.13. The number of rotatable bonds is 12. The van der Waals surface area contributed by atoms with Crippen molar-refractivity contribution < 1.29 is 54.8 Å². The minimum Gasteiger partial charge on any atom is -0.465 e. The summed E-state index contributed by atoms with van der Waals surface area (Å²) >= 11 is 0. The summed E-state index contributed by atoms with van der Waals surface area (Å²) in [5.74, 6) is -0.232. The fraction of sp³-hybridized carbons (Fsp3) is 0.952. The van der Waals surface area contributed by atoms with Crippen molar-refractivity contribution in [3.05, 3.63) is 0 Å². The topological polar surface area (TPSA) is 128 Å². The Kier molecular flexibility index (Phi) is 9.57. The van der Waals surface area contributed by atoms with E-state index in [1.165, 1.54) is 0 Å². The fourth-order valence-electron chi connectivity index (χ4n) is 5.69. The van der Waals surface area contributed by atoms with Crippen LogP contribution in [0.2, 0.25) is 42.3 Å². The first-order valence-corrected chi connectivity index (χ1v) is 31.4. The Morgan fingerprint density at radius 1 is 0.595 bits per heavy atom. The van der Waals surface area contributed by atoms with E-state index in [0.717, 1.165) is 0 Å². The Bertz CT molecular complexity index is 1050. The van der Waals surface area contributed by atoms with Crippen LogP contribution < -0.4 is 0 Å². The normalized spacial score (nSPS) is 44.9. The Balaban J connectivity index is 1.65. The molecule has 0 amide bonds. The summed E-state index contributed by atoms with van der Waals surface area (Å²) in [5, 5.41) is 0. The van der Waals surface area contributed by atoms with Crippen LogP contribution in [-0.2, 0) is 54.8 Å². The molecule has 0 spiro atoms. The van der Waals surface area contributed by atoms with E-state index in [1.807, 2.05) is 48.5 Å². The van der Waals surface area contributed by atoms with Crippen molar-refractivity contribution in [2.24, 2.45) is 5.41 Å². The van der Waals surface area contributed by atoms with Crippen LogP contribution in [0.4, 0.5) is 0 Å². The number of esters is 1. The van der Waals surface area contributed by atoms with Gasteiger partial charge in [0.15, 0.2) is 0 Å². The van der Waals surface area contributed by atoms with Crippen molar-refractivity contribution in [3.63, 3.8) is 0 Å². The molecule has 6 aliphatic rings. The van der Waals surface area contributed by atoms with E-state index in [1.54, 1.807) is 0 Å². The lowest BCUT2D eigenvalue weighted by molar-refractivity contribution is -0.154. The quantitative estimate of drug-likeness (QED) is 0.160. The molecular weight excluding hydrogens is 685 g/mol. The first kappa shape index (κ1) is 34.1. The van der Waals surface area contributed by atoms with Gasteiger partial charge >= 0.3 is 75.7 Å². The molecule has 7 unspecified atom stereocenters. The molecule has 6 rings (SSSR count). The van der Waals surface area contributed by atoms with Gasteiger partial charge in [-0.1, -0.05) is 48.5 Å². The second-order valence-corrected chi connectivity index (χ2v) is 40.5. The second-order valence-electron chi connectivity index (χ2n) is 11.9. The highest BCUT2D eigenvalue weighted by molar-refractivity contribution is 7.37. The summed E-state index contributed by atoms with van der Waals surface area (Å²) in [7, 11) is -27.1. The summed E-state index contributed by atoms with van der Waals surface area (Å²) in [6, 6.07) is 3.28. The highest BCUT2D eigenvalue weighted by Gasteiger charge is 2.84. The number of hydrogen-bond donors (Lipinski definition) is 0. The van der Waals surface area contributed by atoms with Crippen molar-refractivity contribution in [2.45, 2.75) is 117 Å². The predicted octanol–water partition coefficient (Wildman–Crippen LogP) is 4.37. The van der Waals surface area contributed by atoms with E-state index in [9.17, 15) is 4.79 Å². The van der Waals surface area contributed by atoms with Gasteiger partial charge in [0.2, 0.25) is 0 Å². The van der Waals surface area contributed by atoms with Gasteiger partial charge in [0, 0.05) is 30.2 Å². The molecule has 6 saturated heterocycles. The SMILES string of the molecule is CCC(C)(C)C(=O)OCCC[Si]12O[Si]3(CC)O[Si]4(CC)O[Si]5O[Si](CC)(O3)O[Si](CC)(O1)[Si](CC)(O5)O[Si](CC)(O4)O2. The molecule has 241 valence electrons. The van der Waals surface area contributed by atoms with E-state index in [4.69, 9.17) is 50.0 Å². The number of hydrogen-bond acceptors (Lipinski definition) is 13. The zero-order chi connectivity index (χ0) is 30.7. The van der Waals surface area contributed by atoms with Gasteiger partial charge in [-0.3, -0.25) is 4.79 Å². The molecule has 42 heavy (non-hydrogen) atoms. The van der Waals surface area contributed by atoms with E-state index in [0.29, 0.717) is 55.2 Å². The van der Waals surface area contributed by atoms with Gasteiger partial charge in [0.25, 0.3) is 0 Å². The molecule has 1 radical (unpaired) electrons. The monoisotopic (exact) mass is 731 g/mol. The van der Waals surface area contributed by atoms with Crippen LogP contribution in [0.15, 0.2) is 0 Å². The molecule has 6 fully saturated rings. The van der Waals surface area contributed by atoms with Crippen LogP contribution >= 0.6 is 0 Å². The number of carbonyl (C=O) groups excluding carboxylic acids is 1. The third kappa shape index (κ3) is 5.55. The highest BCUT2D eigenvalue weighted by atomic mass is 29.3. The standard InChI is InChI=1S/C21H47O13Si8/c1-10-21(8,9)20(22)23-18-17-19-40-30-38(13-4)27-36(11-2)24-35-25-37(12-3,29-38)32-42(16-7,34-40)41(15-6,26-35)33-39(14-5,28-36)31-40/h10-19H2,1-9H3. The van der Waals surface area contributed by atoms with Gasteiger partial charge in [0.05, 0.1) is 12.0 Å². The number of carbonyl (C=O) groups is 1. The molecule has 0 aromatic heterocycles. The van der Waals surface area contributed by atoms with E-state index < -0.39 is 75.1 Å². The van der Waals surface area contributed by atoms with Crippen molar-refractivity contribution in [2.75, 3.05) is 6.61 Å². The summed E-state index contributed by atoms with van der Waals surface area (Å²) < 4.78 is 83.4. The minimum atomic E-state index is -3.73. The average molecular weight is 732 g/mol. The van der Waals surface area contributed by atoms with E-state index in [2.05, 4.69) is 13.8 Å². The largest absolute Gasteiger partial charge is 0.552 e. The highest BCUT2D eigenvalue weighted by Crippen LogP contribution is 2.54. The molecule has 6 heterocycles. The van der Waals surface area contributed by atoms with Crippen LogP contribution in [-0.4, -0.2) is 82.3 Å². The maximum Gasteiger partial charge on any atom is 0.552 e. The third-order valence-corrected chi connectivity index (χ3v) is 51.4. The van der Waals surface area contributed by atoms with Crippen LogP contribution in [0.3, 0.4) is 0 Å². The Morgan fingerprint density at radius 2 is 1.05 bits per heavy atom. The van der Waals surface area contributed by atoms with Gasteiger partial charge in [-0.15, -0.1) is 0 Å². The maximum absolute atomic E-state index is 12.7. The molecule has 7 atom stereocenters. The Labute approximate surface area is 259 Å². The summed E-state index contributed by atoms with van der Waals surface area (Å²) in [5.41, 5.74) is -0.561. The lowest BCUT2D eigenvalue weighted by Gasteiger charge is -2.54. The molecule has 0 aliphatic carbocycles. The Hall–Kier alpha value is 0.765. The zero-order valence-corrected chi connectivity index (χ0v) is 34.4. The molecule has 21 heteroatoms. The summed E-state index contributed by atoms with van der Waals surface area (Å²) in [6.07, 6.45) is 1.15. The number of ether oxygens (including phenoxy) is 1. The summed E-state index contributed by atoms with van der Waals surface area (Å²) in [4.78, 5) is 12.7. The molecule has 8 bridgehead atoms. The predicted molar refractivity (Wildman–Crippen MR) is 165 cm³/mol. The first-order chi connectivity index (χ1) is 19.7. The van der Waals surface area contributed by atoms with Gasteiger partial charge in [-0.25, -0.2) is 0 Å². The van der Waals surface area contributed by atoms with Gasteiger partial charge < -0.3 is 50.0 Å². The van der Waals surface area contributed by atoms with Gasteiger partial charge in [-0.2, -0.15) is 0 Å². The third-order valence-electron chi connectivity index (χ3n) is 8.78. The van der Waals surface area contributed by atoms with Crippen molar-refractivity contribution in [1.82, 2.24) is 0 Å². The molecule has 0 aromatic rings. The first-order valence-electron chi connectivity index (χ1n) is 15.5. The van der Waals surface area contributed by atoms with Crippen molar-refractivity contribution >= 4 is 75.7 Å². The molecule has 6 aliphatic heterocycles. The van der Waals surface area contributed by atoms with Crippen molar-refractivity contribution in [1.29, 1.82) is 0 Å². The smallest absolute Gasteiger partial charge is 0.465 e. The van der Waals surface area contributed by atoms with Gasteiger partial charge in [-0.05, 0) is 38.8 Å². The van der Waals surface area contributed by atoms with Crippen LogP contribution in [0, 0.1) is 5.41 Å². The molecule has 13 nitrogen and oxygen atoms in total. The molecule has 0 aromatic carbocycles. The lowest BCUT2D eigenvalue weighted by Crippen LogP contribution is -2.78. The molecule has 0 N–H and O–H groups in total. The second kappa shape index (κ2) is 11.8.